The third kappa shape index (κ3) is 3.56. The Morgan fingerprint density at radius 1 is 1.23 bits per heavy atom. The van der Waals surface area contributed by atoms with Gasteiger partial charge in [-0.25, -0.2) is 12.7 Å². The van der Waals surface area contributed by atoms with Gasteiger partial charge in [0.15, 0.2) is 6.10 Å². The molecule has 1 heterocycles. The standard InChI is InChI=1S/C18H19ClN2O4S/c1-11-4-6-14(26(23,24)21(2)3)10-15(11)20-18(22)17-9-12-8-13(19)5-7-16(12)25-17/h4-8,10,17H,9H2,1-3H3,(H,20,22). The van der Waals surface area contributed by atoms with Crippen molar-refractivity contribution < 1.29 is 17.9 Å². The van der Waals surface area contributed by atoms with Gasteiger partial charge in [-0.05, 0) is 48.4 Å². The summed E-state index contributed by atoms with van der Waals surface area (Å²) in [4.78, 5) is 12.7. The molecule has 0 saturated heterocycles. The predicted octanol–water partition coefficient (Wildman–Crippen LogP) is 2.84. The molecule has 1 aliphatic rings. The van der Waals surface area contributed by atoms with Crippen LogP contribution < -0.4 is 10.1 Å². The van der Waals surface area contributed by atoms with Gasteiger partial charge in [-0.2, -0.15) is 0 Å². The van der Waals surface area contributed by atoms with Crippen molar-refractivity contribution in [1.29, 1.82) is 0 Å². The van der Waals surface area contributed by atoms with Gasteiger partial charge in [0, 0.05) is 31.2 Å². The Labute approximate surface area is 157 Å². The van der Waals surface area contributed by atoms with E-state index >= 15 is 0 Å². The van der Waals surface area contributed by atoms with E-state index < -0.39 is 16.1 Å². The highest BCUT2D eigenvalue weighted by atomic mass is 35.5. The van der Waals surface area contributed by atoms with Crippen LogP contribution in [0.5, 0.6) is 5.75 Å². The number of nitrogens with zero attached hydrogens (tertiary/aromatic N) is 1. The molecule has 2 aromatic rings. The van der Waals surface area contributed by atoms with E-state index in [9.17, 15) is 13.2 Å². The summed E-state index contributed by atoms with van der Waals surface area (Å²) in [6.45, 7) is 1.80. The van der Waals surface area contributed by atoms with Gasteiger partial charge in [-0.15, -0.1) is 0 Å². The van der Waals surface area contributed by atoms with E-state index in [1.807, 2.05) is 0 Å². The molecule has 1 N–H and O–H groups in total. The SMILES string of the molecule is Cc1ccc(S(=O)(=O)N(C)C)cc1NC(=O)C1Cc2cc(Cl)ccc2O1. The van der Waals surface area contributed by atoms with Crippen molar-refractivity contribution in [2.75, 3.05) is 19.4 Å². The van der Waals surface area contributed by atoms with Crippen LogP contribution in [0, 0.1) is 6.92 Å². The van der Waals surface area contributed by atoms with Crippen molar-refractivity contribution in [1.82, 2.24) is 4.31 Å². The number of nitrogens with one attached hydrogen (secondary N) is 1. The van der Waals surface area contributed by atoms with Gasteiger partial charge in [-0.1, -0.05) is 17.7 Å². The number of aryl methyl sites for hydroxylation is 1. The molecule has 0 aliphatic carbocycles. The number of sulfonamides is 1. The molecule has 26 heavy (non-hydrogen) atoms. The van der Waals surface area contributed by atoms with Crippen molar-refractivity contribution in [3.05, 3.63) is 52.5 Å². The number of ether oxygens (including phenoxy) is 1. The van der Waals surface area contributed by atoms with E-state index in [4.69, 9.17) is 16.3 Å². The van der Waals surface area contributed by atoms with Gasteiger partial charge in [0.2, 0.25) is 10.0 Å². The fourth-order valence-corrected chi connectivity index (χ4v) is 3.81. The number of hydrogen-bond acceptors (Lipinski definition) is 4. The molecule has 0 saturated carbocycles. The first kappa shape index (κ1) is 18.7. The van der Waals surface area contributed by atoms with E-state index in [1.165, 1.54) is 26.2 Å². The van der Waals surface area contributed by atoms with Gasteiger partial charge in [-0.3, -0.25) is 4.79 Å². The smallest absolute Gasteiger partial charge is 0.265 e. The first-order chi connectivity index (χ1) is 12.2. The summed E-state index contributed by atoms with van der Waals surface area (Å²) in [7, 11) is -0.662. The summed E-state index contributed by atoms with van der Waals surface area (Å²) < 4.78 is 31.4. The van der Waals surface area contributed by atoms with Crippen LogP contribution >= 0.6 is 11.6 Å². The lowest BCUT2D eigenvalue weighted by Gasteiger charge is -2.16. The number of hydrogen-bond donors (Lipinski definition) is 1. The molecule has 6 nitrogen and oxygen atoms in total. The number of amides is 1. The third-order valence-corrected chi connectivity index (χ3v) is 6.28. The molecule has 0 aromatic heterocycles. The lowest BCUT2D eigenvalue weighted by Crippen LogP contribution is -2.31. The van der Waals surface area contributed by atoms with Crippen molar-refractivity contribution in [3.63, 3.8) is 0 Å². The number of halogens is 1. The first-order valence-electron chi connectivity index (χ1n) is 7.97. The Kier molecular flexibility index (Phi) is 4.96. The zero-order chi connectivity index (χ0) is 19.1. The van der Waals surface area contributed by atoms with Crippen LogP contribution in [0.15, 0.2) is 41.3 Å². The summed E-state index contributed by atoms with van der Waals surface area (Å²) in [6, 6.07) is 9.86. The second-order valence-electron chi connectivity index (χ2n) is 6.32. The third-order valence-electron chi connectivity index (χ3n) is 4.23. The van der Waals surface area contributed by atoms with E-state index in [1.54, 1.807) is 31.2 Å². The molecule has 8 heteroatoms. The lowest BCUT2D eigenvalue weighted by atomic mass is 10.1. The number of anilines is 1. The Bertz CT molecular complexity index is 973. The van der Waals surface area contributed by atoms with Gasteiger partial charge in [0.05, 0.1) is 4.90 Å². The van der Waals surface area contributed by atoms with Crippen molar-refractivity contribution in [3.8, 4) is 5.75 Å². The molecular formula is C18H19ClN2O4S. The van der Waals surface area contributed by atoms with E-state index in [-0.39, 0.29) is 10.8 Å². The van der Waals surface area contributed by atoms with Gasteiger partial charge in [0.1, 0.15) is 5.75 Å². The number of benzene rings is 2. The van der Waals surface area contributed by atoms with Crippen molar-refractivity contribution in [2.24, 2.45) is 0 Å². The van der Waals surface area contributed by atoms with E-state index in [0.29, 0.717) is 22.9 Å². The summed E-state index contributed by atoms with van der Waals surface area (Å²) in [5, 5.41) is 3.36. The predicted molar refractivity (Wildman–Crippen MR) is 100 cm³/mol. The molecule has 0 bridgehead atoms. The monoisotopic (exact) mass is 394 g/mol. The van der Waals surface area contributed by atoms with Crippen LogP contribution in [-0.2, 0) is 21.2 Å². The zero-order valence-electron chi connectivity index (χ0n) is 14.6. The van der Waals surface area contributed by atoms with Gasteiger partial charge in [0.25, 0.3) is 5.91 Å². The van der Waals surface area contributed by atoms with E-state index in [2.05, 4.69) is 5.32 Å². The minimum Gasteiger partial charge on any atom is -0.480 e. The molecular weight excluding hydrogens is 376 g/mol. The van der Waals surface area contributed by atoms with Crippen molar-refractivity contribution >= 4 is 33.2 Å². The second kappa shape index (κ2) is 6.90. The molecule has 138 valence electrons. The molecule has 1 unspecified atom stereocenters. The highest BCUT2D eigenvalue weighted by Gasteiger charge is 2.30. The second-order valence-corrected chi connectivity index (χ2v) is 8.90. The topological polar surface area (TPSA) is 75.7 Å². The molecule has 2 aromatic carbocycles. The average Bonchev–Trinajstić information content (AvgIpc) is 2.99. The fraction of sp³-hybridized carbons (Fsp3) is 0.278. The normalized spacial score (nSPS) is 16.3. The van der Waals surface area contributed by atoms with Crippen molar-refractivity contribution in [2.45, 2.75) is 24.3 Å². The quantitative estimate of drug-likeness (QED) is 0.865. The summed E-state index contributed by atoms with van der Waals surface area (Å²) in [5.41, 5.74) is 2.07. The highest BCUT2D eigenvalue weighted by Crippen LogP contribution is 2.32. The van der Waals surface area contributed by atoms with Gasteiger partial charge < -0.3 is 10.1 Å². The minimum absolute atomic E-state index is 0.116. The Hall–Kier alpha value is -2.09. The Balaban J connectivity index is 1.80. The maximum absolute atomic E-state index is 12.6. The number of fused-ring (bicyclic) bond motifs is 1. The maximum Gasteiger partial charge on any atom is 0.265 e. The summed E-state index contributed by atoms with van der Waals surface area (Å²) >= 11 is 5.97. The largest absolute Gasteiger partial charge is 0.480 e. The molecule has 1 atom stereocenters. The molecule has 0 fully saturated rings. The molecule has 0 spiro atoms. The van der Waals surface area contributed by atoms with Gasteiger partial charge >= 0.3 is 0 Å². The molecule has 3 rings (SSSR count). The minimum atomic E-state index is -3.58. The van der Waals surface area contributed by atoms with Crippen LogP contribution in [0.2, 0.25) is 5.02 Å². The van der Waals surface area contributed by atoms with Crippen LogP contribution in [-0.4, -0.2) is 38.8 Å². The number of carbonyl (C=O) groups excluding carboxylic acids is 1. The molecule has 0 radical (unpaired) electrons. The van der Waals surface area contributed by atoms with E-state index in [0.717, 1.165) is 15.4 Å². The first-order valence-corrected chi connectivity index (χ1v) is 9.79. The Morgan fingerprint density at radius 2 is 1.96 bits per heavy atom. The fourth-order valence-electron chi connectivity index (χ4n) is 2.68. The summed E-state index contributed by atoms with van der Waals surface area (Å²) in [6.07, 6.45) is -0.270. The van der Waals surface area contributed by atoms with Crippen LogP contribution in [0.1, 0.15) is 11.1 Å². The lowest BCUT2D eigenvalue weighted by molar-refractivity contribution is -0.122. The number of carbonyl (C=O) groups is 1. The zero-order valence-corrected chi connectivity index (χ0v) is 16.2. The molecule has 1 aliphatic heterocycles. The average molecular weight is 395 g/mol. The van der Waals surface area contributed by atoms with Crippen LogP contribution in [0.4, 0.5) is 5.69 Å². The maximum atomic E-state index is 12.6. The van der Waals surface area contributed by atoms with Crippen LogP contribution in [0.3, 0.4) is 0 Å². The Morgan fingerprint density at radius 3 is 2.65 bits per heavy atom. The summed E-state index contributed by atoms with van der Waals surface area (Å²) in [5.74, 6) is 0.301. The van der Waals surface area contributed by atoms with Crippen LogP contribution in [0.25, 0.3) is 0 Å². The number of rotatable bonds is 4. The highest BCUT2D eigenvalue weighted by molar-refractivity contribution is 7.89. The molecule has 1 amide bonds.